The molecule has 0 unspecified atom stereocenters. The molecule has 0 aliphatic carbocycles. The Balaban J connectivity index is 1.54. The van der Waals surface area contributed by atoms with Gasteiger partial charge in [0, 0.05) is 33.5 Å². The Morgan fingerprint density at radius 2 is 1.89 bits per heavy atom. The lowest BCUT2D eigenvalue weighted by Gasteiger charge is -2.27. The average molecular weight is 576 g/mol. The van der Waals surface area contributed by atoms with Crippen LogP contribution in [0.3, 0.4) is 0 Å². The number of benzene rings is 2. The second-order valence-electron chi connectivity index (χ2n) is 9.35. The Bertz CT molecular complexity index is 1440. The van der Waals surface area contributed by atoms with Crippen LogP contribution in [0.25, 0.3) is 11.3 Å². The van der Waals surface area contributed by atoms with Crippen LogP contribution in [0.5, 0.6) is 0 Å². The number of carbonyl (C=O) groups excluding carboxylic acids is 1. The van der Waals surface area contributed by atoms with Crippen LogP contribution in [-0.4, -0.2) is 16.0 Å². The second-order valence-corrected chi connectivity index (χ2v) is 10.7. The molecule has 8 heteroatoms. The molecule has 1 aliphatic rings. The van der Waals surface area contributed by atoms with Gasteiger partial charge < -0.3 is 20.0 Å². The van der Waals surface area contributed by atoms with E-state index in [0.717, 1.165) is 44.2 Å². The molecule has 1 fully saturated rings. The molecule has 3 heterocycles. The highest BCUT2D eigenvalue weighted by molar-refractivity contribution is 9.10. The van der Waals surface area contributed by atoms with E-state index < -0.39 is 0 Å². The molecule has 0 spiro atoms. The fourth-order valence-corrected chi connectivity index (χ4v) is 5.03. The molecular formula is C29H27BrN4O2S. The predicted molar refractivity (Wildman–Crippen MR) is 154 cm³/mol. The van der Waals surface area contributed by atoms with Gasteiger partial charge in [0.15, 0.2) is 5.11 Å². The monoisotopic (exact) mass is 574 g/mol. The largest absolute Gasteiger partial charge is 0.459 e. The van der Waals surface area contributed by atoms with Crippen molar-refractivity contribution in [1.29, 1.82) is 0 Å². The van der Waals surface area contributed by atoms with E-state index in [1.54, 1.807) is 6.20 Å². The van der Waals surface area contributed by atoms with Crippen molar-refractivity contribution < 1.29 is 9.21 Å². The number of rotatable bonds is 6. The Morgan fingerprint density at radius 3 is 2.57 bits per heavy atom. The maximum atomic E-state index is 12.3. The molecule has 0 saturated carbocycles. The summed E-state index contributed by atoms with van der Waals surface area (Å²) in [6, 6.07) is 23.4. The number of aromatic nitrogens is 1. The van der Waals surface area contributed by atoms with Crippen molar-refractivity contribution in [3.05, 3.63) is 100 Å². The second kappa shape index (κ2) is 10.5. The van der Waals surface area contributed by atoms with E-state index in [1.165, 1.54) is 0 Å². The fourth-order valence-electron chi connectivity index (χ4n) is 4.42. The molecule has 2 aromatic carbocycles. The summed E-state index contributed by atoms with van der Waals surface area (Å²) in [5.41, 5.74) is 4.50. The number of anilines is 2. The number of thiocarbonyl (C=S) groups is 1. The van der Waals surface area contributed by atoms with Gasteiger partial charge in [0.05, 0.1) is 11.7 Å². The molecule has 4 aromatic rings. The Morgan fingerprint density at radius 1 is 1.11 bits per heavy atom. The highest BCUT2D eigenvalue weighted by Gasteiger charge is 2.42. The van der Waals surface area contributed by atoms with E-state index in [2.05, 4.69) is 36.4 Å². The molecule has 0 radical (unpaired) electrons. The topological polar surface area (TPSA) is 70.4 Å². The third kappa shape index (κ3) is 5.17. The van der Waals surface area contributed by atoms with Crippen LogP contribution < -0.4 is 15.5 Å². The summed E-state index contributed by atoms with van der Waals surface area (Å²) in [7, 11) is 0. The predicted octanol–water partition coefficient (Wildman–Crippen LogP) is 7.18. The number of aryl methyl sites for hydroxylation is 1. The van der Waals surface area contributed by atoms with Crippen LogP contribution in [0, 0.1) is 12.8 Å². The summed E-state index contributed by atoms with van der Waals surface area (Å²) >= 11 is 9.33. The molecule has 0 bridgehead atoms. The van der Waals surface area contributed by atoms with Crippen LogP contribution in [0.2, 0.25) is 0 Å². The first-order valence-corrected chi connectivity index (χ1v) is 13.3. The molecule has 2 aromatic heterocycles. The SMILES string of the molecule is Cc1cc(N2C(=S)N[C@H](c3ccccn3)[C@H]2c2ccc(-c3ccc(Br)cc3)o2)ccc1NC(=O)C(C)C. The summed E-state index contributed by atoms with van der Waals surface area (Å²) in [4.78, 5) is 18.9. The van der Waals surface area contributed by atoms with Gasteiger partial charge in [0.2, 0.25) is 5.91 Å². The van der Waals surface area contributed by atoms with Gasteiger partial charge in [-0.2, -0.15) is 0 Å². The first kappa shape index (κ1) is 25.2. The van der Waals surface area contributed by atoms with Crippen molar-refractivity contribution in [3.8, 4) is 11.3 Å². The molecule has 2 atom stereocenters. The number of nitrogens with zero attached hydrogens (tertiary/aromatic N) is 2. The van der Waals surface area contributed by atoms with Crippen molar-refractivity contribution in [2.24, 2.45) is 5.92 Å². The van der Waals surface area contributed by atoms with Gasteiger partial charge in [-0.3, -0.25) is 9.78 Å². The Labute approximate surface area is 230 Å². The fraction of sp³-hybridized carbons (Fsp3) is 0.207. The normalized spacial score (nSPS) is 17.2. The summed E-state index contributed by atoms with van der Waals surface area (Å²) < 4.78 is 7.45. The molecule has 1 saturated heterocycles. The van der Waals surface area contributed by atoms with Crippen LogP contribution in [0.4, 0.5) is 11.4 Å². The average Bonchev–Trinajstić information content (AvgIpc) is 3.51. The summed E-state index contributed by atoms with van der Waals surface area (Å²) in [6.45, 7) is 5.74. The number of amides is 1. The Hall–Kier alpha value is -3.49. The number of furan rings is 1. The number of nitrogens with one attached hydrogen (secondary N) is 2. The van der Waals surface area contributed by atoms with Crippen molar-refractivity contribution in [2.45, 2.75) is 32.9 Å². The van der Waals surface area contributed by atoms with E-state index in [1.807, 2.05) is 93.6 Å². The molecule has 2 N–H and O–H groups in total. The molecular weight excluding hydrogens is 548 g/mol. The lowest BCUT2D eigenvalue weighted by Crippen LogP contribution is -2.29. The van der Waals surface area contributed by atoms with E-state index in [-0.39, 0.29) is 23.9 Å². The van der Waals surface area contributed by atoms with Crippen LogP contribution in [0.1, 0.15) is 42.9 Å². The number of carbonyl (C=O) groups is 1. The highest BCUT2D eigenvalue weighted by Crippen LogP contribution is 2.43. The summed E-state index contributed by atoms with van der Waals surface area (Å²) in [5, 5.41) is 7.05. The summed E-state index contributed by atoms with van der Waals surface area (Å²) in [5.74, 6) is 1.44. The first-order valence-electron chi connectivity index (χ1n) is 12.1. The van der Waals surface area contributed by atoms with Crippen LogP contribution >= 0.6 is 28.1 Å². The van der Waals surface area contributed by atoms with Crippen molar-refractivity contribution >= 4 is 50.5 Å². The van der Waals surface area contributed by atoms with Crippen LogP contribution in [-0.2, 0) is 4.79 Å². The number of halogens is 1. The zero-order chi connectivity index (χ0) is 26.1. The highest BCUT2D eigenvalue weighted by atomic mass is 79.9. The van der Waals surface area contributed by atoms with Crippen molar-refractivity contribution in [1.82, 2.24) is 10.3 Å². The maximum absolute atomic E-state index is 12.3. The zero-order valence-electron chi connectivity index (χ0n) is 20.7. The lowest BCUT2D eigenvalue weighted by molar-refractivity contribution is -0.118. The van der Waals surface area contributed by atoms with E-state index in [4.69, 9.17) is 16.6 Å². The first-order chi connectivity index (χ1) is 17.8. The third-order valence-corrected chi connectivity index (χ3v) is 7.26. The van der Waals surface area contributed by atoms with Gasteiger partial charge in [0.1, 0.15) is 17.6 Å². The van der Waals surface area contributed by atoms with E-state index >= 15 is 0 Å². The van der Waals surface area contributed by atoms with Crippen molar-refractivity contribution in [2.75, 3.05) is 10.2 Å². The van der Waals surface area contributed by atoms with Crippen molar-refractivity contribution in [3.63, 3.8) is 0 Å². The molecule has 1 aliphatic heterocycles. The minimum Gasteiger partial charge on any atom is -0.459 e. The maximum Gasteiger partial charge on any atom is 0.226 e. The van der Waals surface area contributed by atoms with Gasteiger partial charge in [-0.15, -0.1) is 0 Å². The number of pyridine rings is 1. The van der Waals surface area contributed by atoms with E-state index in [0.29, 0.717) is 5.11 Å². The van der Waals surface area contributed by atoms with Gasteiger partial charge in [-0.05, 0) is 79.3 Å². The lowest BCUT2D eigenvalue weighted by atomic mass is 10.0. The van der Waals surface area contributed by atoms with Gasteiger partial charge in [-0.25, -0.2) is 0 Å². The smallest absolute Gasteiger partial charge is 0.226 e. The van der Waals surface area contributed by atoms with Gasteiger partial charge in [-0.1, -0.05) is 48.0 Å². The van der Waals surface area contributed by atoms with Gasteiger partial charge in [0.25, 0.3) is 0 Å². The summed E-state index contributed by atoms with van der Waals surface area (Å²) in [6.07, 6.45) is 1.78. The number of hydrogen-bond acceptors (Lipinski definition) is 4. The molecule has 37 heavy (non-hydrogen) atoms. The standard InChI is InChI=1S/C29H27BrN4O2S/c1-17(2)28(35)32-22-12-11-21(16-18(22)3)34-27(26(33-29(34)37)23-6-4-5-15-31-23)25-14-13-24(36-25)19-7-9-20(30)10-8-19/h4-17,26-27H,1-3H3,(H,32,35)(H,33,37)/t26-,27-/m1/s1. The van der Waals surface area contributed by atoms with Gasteiger partial charge >= 0.3 is 0 Å². The molecule has 188 valence electrons. The molecule has 1 amide bonds. The van der Waals surface area contributed by atoms with E-state index in [9.17, 15) is 4.79 Å². The molecule has 5 rings (SSSR count). The minimum absolute atomic E-state index is 0.0154. The van der Waals surface area contributed by atoms with Crippen LogP contribution in [0.15, 0.2) is 87.9 Å². The number of hydrogen-bond donors (Lipinski definition) is 2. The third-order valence-electron chi connectivity index (χ3n) is 6.42. The Kier molecular flexibility index (Phi) is 7.13. The minimum atomic E-state index is -0.262. The zero-order valence-corrected chi connectivity index (χ0v) is 23.1. The molecule has 6 nitrogen and oxygen atoms in total. The quantitative estimate of drug-likeness (QED) is 0.237.